The fourth-order valence-corrected chi connectivity index (χ4v) is 2.24. The van der Waals surface area contributed by atoms with Crippen LogP contribution in [-0.2, 0) is 4.74 Å². The minimum atomic E-state index is -0.144. The van der Waals surface area contributed by atoms with Crippen molar-refractivity contribution >= 4 is 5.91 Å². The summed E-state index contributed by atoms with van der Waals surface area (Å²) in [6.45, 7) is 5.00. The topological polar surface area (TPSA) is 68.7 Å². The summed E-state index contributed by atoms with van der Waals surface area (Å²) in [6.07, 6.45) is 1.58. The van der Waals surface area contributed by atoms with Crippen molar-refractivity contribution in [3.8, 4) is 11.5 Å². The molecule has 6 nitrogen and oxygen atoms in total. The Kier molecular flexibility index (Phi) is 3.31. The molecule has 0 aromatic carbocycles. The molecule has 0 saturated carbocycles. The number of carbonyl (C=O) groups is 1. The maximum atomic E-state index is 12.5. The maximum Gasteiger partial charge on any atom is 0.276 e. The average Bonchev–Trinajstić information content (AvgIpc) is 3.10. The lowest BCUT2D eigenvalue weighted by Gasteiger charge is -2.36. The number of nitrogens with zero attached hydrogens (tertiary/aromatic N) is 2. The van der Waals surface area contributed by atoms with Gasteiger partial charge >= 0.3 is 0 Å². The molecule has 0 bridgehead atoms. The highest BCUT2D eigenvalue weighted by Crippen LogP contribution is 2.22. The highest BCUT2D eigenvalue weighted by molar-refractivity contribution is 5.93. The summed E-state index contributed by atoms with van der Waals surface area (Å²) in [7, 11) is 0. The third kappa shape index (κ3) is 2.34. The molecule has 1 saturated heterocycles. The van der Waals surface area contributed by atoms with E-state index >= 15 is 0 Å². The Labute approximate surface area is 116 Å². The van der Waals surface area contributed by atoms with Gasteiger partial charge in [-0.05, 0) is 26.0 Å². The molecule has 20 heavy (non-hydrogen) atoms. The number of amides is 1. The van der Waals surface area contributed by atoms with Crippen molar-refractivity contribution in [2.45, 2.75) is 26.0 Å². The van der Waals surface area contributed by atoms with E-state index in [0.29, 0.717) is 24.7 Å². The van der Waals surface area contributed by atoms with Crippen LogP contribution in [0.25, 0.3) is 11.5 Å². The molecule has 0 N–H and O–H groups in total. The summed E-state index contributed by atoms with van der Waals surface area (Å²) < 4.78 is 15.9. The molecule has 6 heteroatoms. The molecule has 2 atom stereocenters. The Balaban J connectivity index is 1.80. The third-order valence-electron chi connectivity index (χ3n) is 3.36. The van der Waals surface area contributed by atoms with E-state index in [-0.39, 0.29) is 23.7 Å². The van der Waals surface area contributed by atoms with Crippen LogP contribution in [0.3, 0.4) is 0 Å². The van der Waals surface area contributed by atoms with Gasteiger partial charge < -0.3 is 18.6 Å². The zero-order chi connectivity index (χ0) is 14.1. The van der Waals surface area contributed by atoms with Crippen LogP contribution in [0.2, 0.25) is 0 Å². The van der Waals surface area contributed by atoms with Crippen molar-refractivity contribution in [3.05, 3.63) is 30.2 Å². The van der Waals surface area contributed by atoms with Gasteiger partial charge in [-0.25, -0.2) is 0 Å². The molecular formula is C14H16N2O4. The number of carbonyl (C=O) groups excluding carboxylic acids is 1. The van der Waals surface area contributed by atoms with Crippen LogP contribution in [0.15, 0.2) is 33.4 Å². The van der Waals surface area contributed by atoms with Crippen LogP contribution < -0.4 is 0 Å². The second-order valence-electron chi connectivity index (χ2n) is 5.00. The van der Waals surface area contributed by atoms with Gasteiger partial charge in [0.1, 0.15) is 0 Å². The number of hydrogen-bond donors (Lipinski definition) is 0. The molecule has 0 unspecified atom stereocenters. The van der Waals surface area contributed by atoms with E-state index in [1.54, 1.807) is 29.4 Å². The van der Waals surface area contributed by atoms with E-state index in [1.165, 1.54) is 0 Å². The fraction of sp³-hybridized carbons (Fsp3) is 0.429. The fourth-order valence-electron chi connectivity index (χ4n) is 2.24. The third-order valence-corrected chi connectivity index (χ3v) is 3.36. The SMILES string of the molecule is C[C@H]1CN(C(=O)c2cc(-c3ccco3)on2)[C@@H](C)CO1. The van der Waals surface area contributed by atoms with Crippen molar-refractivity contribution < 1.29 is 18.5 Å². The van der Waals surface area contributed by atoms with Crippen molar-refractivity contribution in [1.82, 2.24) is 10.1 Å². The average molecular weight is 276 g/mol. The zero-order valence-electron chi connectivity index (χ0n) is 11.4. The Morgan fingerprint density at radius 2 is 2.25 bits per heavy atom. The Morgan fingerprint density at radius 1 is 1.40 bits per heavy atom. The molecule has 0 spiro atoms. The van der Waals surface area contributed by atoms with Crippen molar-refractivity contribution in [2.75, 3.05) is 13.2 Å². The van der Waals surface area contributed by atoms with E-state index in [4.69, 9.17) is 13.7 Å². The minimum absolute atomic E-state index is 0.0301. The van der Waals surface area contributed by atoms with Crippen molar-refractivity contribution in [2.24, 2.45) is 0 Å². The van der Waals surface area contributed by atoms with Crippen molar-refractivity contribution in [3.63, 3.8) is 0 Å². The lowest BCUT2D eigenvalue weighted by Crippen LogP contribution is -2.50. The summed E-state index contributed by atoms with van der Waals surface area (Å²) in [4.78, 5) is 14.2. The standard InChI is InChI=1S/C14H16N2O4/c1-9-8-19-10(2)7-16(9)14(17)11-6-13(20-15-11)12-4-3-5-18-12/h3-6,9-10H,7-8H2,1-2H3/t9-,10-/m0/s1. The number of rotatable bonds is 2. The van der Waals surface area contributed by atoms with Gasteiger partial charge in [0.25, 0.3) is 5.91 Å². The minimum Gasteiger partial charge on any atom is -0.461 e. The van der Waals surface area contributed by atoms with E-state index < -0.39 is 0 Å². The lowest BCUT2D eigenvalue weighted by molar-refractivity contribution is -0.0390. The molecule has 1 fully saturated rings. The number of morpholine rings is 1. The summed E-state index contributed by atoms with van der Waals surface area (Å²) >= 11 is 0. The van der Waals surface area contributed by atoms with Gasteiger partial charge in [-0.3, -0.25) is 4.79 Å². The number of hydrogen-bond acceptors (Lipinski definition) is 5. The lowest BCUT2D eigenvalue weighted by atomic mass is 10.2. The first-order chi connectivity index (χ1) is 9.65. The summed E-state index contributed by atoms with van der Waals surface area (Å²) in [5, 5.41) is 3.84. The Hall–Kier alpha value is -2.08. The first-order valence-corrected chi connectivity index (χ1v) is 6.58. The number of aromatic nitrogens is 1. The quantitative estimate of drug-likeness (QED) is 0.841. The molecule has 1 aliphatic rings. The second-order valence-corrected chi connectivity index (χ2v) is 5.00. The van der Waals surface area contributed by atoms with Gasteiger partial charge in [-0.15, -0.1) is 0 Å². The highest BCUT2D eigenvalue weighted by atomic mass is 16.5. The van der Waals surface area contributed by atoms with Crippen LogP contribution >= 0.6 is 0 Å². The maximum absolute atomic E-state index is 12.5. The number of furan rings is 1. The first kappa shape index (κ1) is 12.9. The van der Waals surface area contributed by atoms with Gasteiger partial charge in [0.15, 0.2) is 11.5 Å². The molecule has 3 heterocycles. The Bertz CT molecular complexity index is 590. The molecule has 0 radical (unpaired) electrons. The van der Waals surface area contributed by atoms with Crippen LogP contribution in [0.4, 0.5) is 0 Å². The van der Waals surface area contributed by atoms with Crippen LogP contribution in [0, 0.1) is 0 Å². The molecule has 1 aliphatic heterocycles. The Morgan fingerprint density at radius 3 is 3.00 bits per heavy atom. The second kappa shape index (κ2) is 5.13. The van der Waals surface area contributed by atoms with Gasteiger partial charge in [0.05, 0.1) is 25.0 Å². The summed E-state index contributed by atoms with van der Waals surface area (Å²) in [5.74, 6) is 0.862. The first-order valence-electron chi connectivity index (χ1n) is 6.58. The van der Waals surface area contributed by atoms with Gasteiger partial charge in [-0.1, -0.05) is 5.16 Å². The van der Waals surface area contributed by atoms with Gasteiger partial charge in [-0.2, -0.15) is 0 Å². The monoisotopic (exact) mass is 276 g/mol. The zero-order valence-corrected chi connectivity index (χ0v) is 11.4. The largest absolute Gasteiger partial charge is 0.461 e. The van der Waals surface area contributed by atoms with E-state index in [0.717, 1.165) is 0 Å². The van der Waals surface area contributed by atoms with Crippen LogP contribution in [-0.4, -0.2) is 41.3 Å². The molecule has 106 valence electrons. The molecular weight excluding hydrogens is 260 g/mol. The molecule has 2 aromatic heterocycles. The molecule has 0 aliphatic carbocycles. The summed E-state index contributed by atoms with van der Waals surface area (Å²) in [5.41, 5.74) is 0.289. The molecule has 1 amide bonds. The predicted octanol–water partition coefficient (Wildman–Crippen LogP) is 2.18. The molecule has 2 aromatic rings. The smallest absolute Gasteiger partial charge is 0.276 e. The van der Waals surface area contributed by atoms with Gasteiger partial charge in [0, 0.05) is 12.6 Å². The van der Waals surface area contributed by atoms with Gasteiger partial charge in [0.2, 0.25) is 5.76 Å². The summed E-state index contributed by atoms with van der Waals surface area (Å²) in [6, 6.07) is 5.15. The van der Waals surface area contributed by atoms with Crippen LogP contribution in [0.1, 0.15) is 24.3 Å². The number of ether oxygens (including phenoxy) is 1. The predicted molar refractivity (Wildman–Crippen MR) is 70.1 cm³/mol. The normalized spacial score (nSPS) is 23.0. The van der Waals surface area contributed by atoms with E-state index in [2.05, 4.69) is 5.16 Å². The van der Waals surface area contributed by atoms with Crippen molar-refractivity contribution in [1.29, 1.82) is 0 Å². The van der Waals surface area contributed by atoms with E-state index in [1.807, 2.05) is 13.8 Å². The van der Waals surface area contributed by atoms with Crippen LogP contribution in [0.5, 0.6) is 0 Å². The van der Waals surface area contributed by atoms with E-state index in [9.17, 15) is 4.79 Å². The highest BCUT2D eigenvalue weighted by Gasteiger charge is 2.30. The molecule has 3 rings (SSSR count).